The fourth-order valence-corrected chi connectivity index (χ4v) is 0.811. The van der Waals surface area contributed by atoms with Gasteiger partial charge >= 0.3 is 0 Å². The first-order valence-electron chi connectivity index (χ1n) is 3.65. The lowest BCUT2D eigenvalue weighted by molar-refractivity contribution is -0.0946. The molecule has 3 nitrogen and oxygen atoms in total. The molecule has 0 bridgehead atoms. The Morgan fingerprint density at radius 3 is 2.64 bits per heavy atom. The molecule has 1 rings (SSSR count). The zero-order valence-corrected chi connectivity index (χ0v) is 6.57. The molecule has 0 fully saturated rings. The maximum atomic E-state index is 9.12. The summed E-state index contributed by atoms with van der Waals surface area (Å²) < 4.78 is 0. The van der Waals surface area contributed by atoms with Gasteiger partial charge in [-0.15, -0.1) is 0 Å². The molecule has 0 aromatic carbocycles. The van der Waals surface area contributed by atoms with E-state index in [4.69, 9.17) is 5.21 Å². The van der Waals surface area contributed by atoms with Gasteiger partial charge in [-0.2, -0.15) is 5.06 Å². The van der Waals surface area contributed by atoms with E-state index >= 15 is 0 Å². The highest BCUT2D eigenvalue weighted by Crippen LogP contribution is 1.99. The van der Waals surface area contributed by atoms with E-state index < -0.39 is 0 Å². The molecular weight excluding hydrogens is 140 g/mol. The van der Waals surface area contributed by atoms with Gasteiger partial charge in [-0.1, -0.05) is 6.92 Å². The van der Waals surface area contributed by atoms with E-state index in [2.05, 4.69) is 4.98 Å². The molecule has 1 heterocycles. The smallest absolute Gasteiger partial charge is 0.0489 e. The summed E-state index contributed by atoms with van der Waals surface area (Å²) in [5, 5.41) is 10.4. The van der Waals surface area contributed by atoms with Crippen molar-refractivity contribution in [3.8, 4) is 0 Å². The van der Waals surface area contributed by atoms with Crippen LogP contribution in [0.2, 0.25) is 0 Å². The Kier molecular flexibility index (Phi) is 3.01. The SMILES string of the molecule is CCN(O)Cc1ccncc1. The minimum atomic E-state index is 0.568. The average molecular weight is 152 g/mol. The third-order valence-electron chi connectivity index (χ3n) is 1.48. The quantitative estimate of drug-likeness (QED) is 0.663. The van der Waals surface area contributed by atoms with Crippen molar-refractivity contribution in [1.82, 2.24) is 10.0 Å². The molecule has 0 atom stereocenters. The fraction of sp³-hybridized carbons (Fsp3) is 0.375. The topological polar surface area (TPSA) is 36.4 Å². The van der Waals surface area contributed by atoms with Gasteiger partial charge in [-0.25, -0.2) is 0 Å². The molecular formula is C8H12N2O. The van der Waals surface area contributed by atoms with Gasteiger partial charge in [-0.05, 0) is 17.7 Å². The number of pyridine rings is 1. The first-order chi connectivity index (χ1) is 5.33. The highest BCUT2D eigenvalue weighted by molar-refractivity contribution is 5.08. The molecule has 11 heavy (non-hydrogen) atoms. The summed E-state index contributed by atoms with van der Waals surface area (Å²) in [6, 6.07) is 3.78. The fourth-order valence-electron chi connectivity index (χ4n) is 0.811. The van der Waals surface area contributed by atoms with Crippen molar-refractivity contribution in [2.24, 2.45) is 0 Å². The van der Waals surface area contributed by atoms with E-state index in [9.17, 15) is 0 Å². The molecule has 0 aliphatic carbocycles. The molecule has 1 N–H and O–H groups in total. The Bertz CT molecular complexity index is 201. The van der Waals surface area contributed by atoms with Crippen LogP contribution in [-0.2, 0) is 6.54 Å². The van der Waals surface area contributed by atoms with Gasteiger partial charge in [0.2, 0.25) is 0 Å². The summed E-state index contributed by atoms with van der Waals surface area (Å²) in [6.07, 6.45) is 3.44. The van der Waals surface area contributed by atoms with Gasteiger partial charge in [0.25, 0.3) is 0 Å². The molecule has 0 saturated heterocycles. The molecule has 1 aromatic rings. The normalized spacial score (nSPS) is 10.5. The van der Waals surface area contributed by atoms with E-state index in [0.29, 0.717) is 13.1 Å². The standard InChI is InChI=1S/C8H12N2O/c1-2-10(11)7-8-3-5-9-6-4-8/h3-6,11H,2,7H2,1H3. The van der Waals surface area contributed by atoms with Crippen molar-refractivity contribution >= 4 is 0 Å². The van der Waals surface area contributed by atoms with Crippen LogP contribution in [0.15, 0.2) is 24.5 Å². The molecule has 0 saturated carbocycles. The lowest BCUT2D eigenvalue weighted by Crippen LogP contribution is -2.17. The summed E-state index contributed by atoms with van der Waals surface area (Å²) in [5.74, 6) is 0. The molecule has 0 radical (unpaired) electrons. The zero-order chi connectivity index (χ0) is 8.10. The Hall–Kier alpha value is -0.930. The predicted octanol–water partition coefficient (Wildman–Crippen LogP) is 1.29. The number of hydrogen-bond acceptors (Lipinski definition) is 3. The second-order valence-corrected chi connectivity index (χ2v) is 2.34. The molecule has 0 unspecified atom stereocenters. The Morgan fingerprint density at radius 2 is 2.09 bits per heavy atom. The van der Waals surface area contributed by atoms with Gasteiger partial charge in [0.05, 0.1) is 0 Å². The largest absolute Gasteiger partial charge is 0.314 e. The van der Waals surface area contributed by atoms with Crippen LogP contribution in [0.4, 0.5) is 0 Å². The molecule has 3 heteroatoms. The second-order valence-electron chi connectivity index (χ2n) is 2.34. The van der Waals surface area contributed by atoms with E-state index in [-0.39, 0.29) is 0 Å². The number of rotatable bonds is 3. The molecule has 60 valence electrons. The Labute approximate surface area is 66.3 Å². The van der Waals surface area contributed by atoms with Crippen LogP contribution < -0.4 is 0 Å². The number of hydroxylamine groups is 2. The Morgan fingerprint density at radius 1 is 1.45 bits per heavy atom. The zero-order valence-electron chi connectivity index (χ0n) is 6.57. The van der Waals surface area contributed by atoms with Crippen molar-refractivity contribution in [2.75, 3.05) is 6.54 Å². The van der Waals surface area contributed by atoms with E-state index in [1.165, 1.54) is 5.06 Å². The van der Waals surface area contributed by atoms with Gasteiger partial charge < -0.3 is 5.21 Å². The maximum Gasteiger partial charge on any atom is 0.0489 e. The summed E-state index contributed by atoms with van der Waals surface area (Å²) in [7, 11) is 0. The van der Waals surface area contributed by atoms with Crippen LogP contribution >= 0.6 is 0 Å². The highest BCUT2D eigenvalue weighted by atomic mass is 16.5. The predicted molar refractivity (Wildman–Crippen MR) is 42.1 cm³/mol. The highest BCUT2D eigenvalue weighted by Gasteiger charge is 1.96. The van der Waals surface area contributed by atoms with E-state index in [0.717, 1.165) is 5.56 Å². The van der Waals surface area contributed by atoms with Crippen molar-refractivity contribution < 1.29 is 5.21 Å². The minimum absolute atomic E-state index is 0.568. The van der Waals surface area contributed by atoms with Crippen LogP contribution in [-0.4, -0.2) is 21.8 Å². The second kappa shape index (κ2) is 4.05. The summed E-state index contributed by atoms with van der Waals surface area (Å²) >= 11 is 0. The number of hydrogen-bond donors (Lipinski definition) is 1. The monoisotopic (exact) mass is 152 g/mol. The lowest BCUT2D eigenvalue weighted by atomic mass is 10.3. The molecule has 0 spiro atoms. The molecule has 0 aliphatic heterocycles. The first kappa shape index (κ1) is 8.17. The third-order valence-corrected chi connectivity index (χ3v) is 1.48. The van der Waals surface area contributed by atoms with E-state index in [1.54, 1.807) is 12.4 Å². The van der Waals surface area contributed by atoms with Crippen LogP contribution in [0.25, 0.3) is 0 Å². The average Bonchev–Trinajstić information content (AvgIpc) is 2.06. The Balaban J connectivity index is 2.51. The third kappa shape index (κ3) is 2.65. The van der Waals surface area contributed by atoms with Crippen molar-refractivity contribution in [2.45, 2.75) is 13.5 Å². The first-order valence-corrected chi connectivity index (χ1v) is 3.65. The minimum Gasteiger partial charge on any atom is -0.314 e. The number of nitrogens with zero attached hydrogens (tertiary/aromatic N) is 2. The van der Waals surface area contributed by atoms with Crippen LogP contribution in [0, 0.1) is 0 Å². The maximum absolute atomic E-state index is 9.12. The summed E-state index contributed by atoms with van der Waals surface area (Å²) in [4.78, 5) is 3.88. The van der Waals surface area contributed by atoms with Crippen LogP contribution in [0.5, 0.6) is 0 Å². The van der Waals surface area contributed by atoms with Gasteiger partial charge in [0.1, 0.15) is 0 Å². The van der Waals surface area contributed by atoms with Gasteiger partial charge in [-0.3, -0.25) is 4.98 Å². The van der Waals surface area contributed by atoms with Crippen LogP contribution in [0.1, 0.15) is 12.5 Å². The lowest BCUT2D eigenvalue weighted by Gasteiger charge is -2.10. The van der Waals surface area contributed by atoms with Crippen molar-refractivity contribution in [3.05, 3.63) is 30.1 Å². The molecule has 0 amide bonds. The number of aromatic nitrogens is 1. The van der Waals surface area contributed by atoms with Gasteiger partial charge in [0.15, 0.2) is 0 Å². The summed E-state index contributed by atoms with van der Waals surface area (Å²) in [5.41, 5.74) is 1.07. The molecule has 0 aliphatic rings. The van der Waals surface area contributed by atoms with Crippen LogP contribution in [0.3, 0.4) is 0 Å². The van der Waals surface area contributed by atoms with Crippen molar-refractivity contribution in [3.63, 3.8) is 0 Å². The molecule has 1 aromatic heterocycles. The van der Waals surface area contributed by atoms with E-state index in [1.807, 2.05) is 19.1 Å². The van der Waals surface area contributed by atoms with Gasteiger partial charge in [0, 0.05) is 25.5 Å². The summed E-state index contributed by atoms with van der Waals surface area (Å²) in [6.45, 7) is 3.11. The van der Waals surface area contributed by atoms with Crippen molar-refractivity contribution in [1.29, 1.82) is 0 Å².